The Bertz CT molecular complexity index is 1640. The van der Waals surface area contributed by atoms with E-state index in [0.29, 0.717) is 5.92 Å². The van der Waals surface area contributed by atoms with E-state index in [1.165, 1.54) is 27.2 Å². The highest BCUT2D eigenvalue weighted by atomic mass is 15.1. The summed E-state index contributed by atoms with van der Waals surface area (Å²) in [6.45, 7) is 4.03. The van der Waals surface area contributed by atoms with Crippen LogP contribution in [0.4, 0.5) is 0 Å². The molecule has 0 saturated heterocycles. The van der Waals surface area contributed by atoms with E-state index in [-0.39, 0.29) is 0 Å². The van der Waals surface area contributed by atoms with Crippen LogP contribution in [0.5, 0.6) is 0 Å². The molecular formula is C30H24N4. The maximum Gasteiger partial charge on any atom is 0.136 e. The van der Waals surface area contributed by atoms with Gasteiger partial charge in [-0.2, -0.15) is 0 Å². The fraction of sp³-hybridized carbons (Fsp3) is 0.0667. The molecule has 1 atom stereocenters. The lowest BCUT2D eigenvalue weighted by atomic mass is 10.1. The number of allylic oxidation sites excluding steroid dienone is 3. The van der Waals surface area contributed by atoms with Gasteiger partial charge in [-0.05, 0) is 42.8 Å². The van der Waals surface area contributed by atoms with E-state index < -0.39 is 0 Å². The molecule has 4 heteroatoms. The summed E-state index contributed by atoms with van der Waals surface area (Å²) in [7, 11) is 0. The van der Waals surface area contributed by atoms with Crippen molar-refractivity contribution in [1.82, 2.24) is 9.13 Å². The Morgan fingerprint density at radius 3 is 2.59 bits per heavy atom. The van der Waals surface area contributed by atoms with Crippen molar-refractivity contribution in [2.45, 2.75) is 6.42 Å². The van der Waals surface area contributed by atoms with Crippen LogP contribution in [-0.4, -0.2) is 21.2 Å². The predicted octanol–water partition coefficient (Wildman–Crippen LogP) is 7.29. The Hall–Kier alpha value is -4.44. The van der Waals surface area contributed by atoms with Gasteiger partial charge in [0.1, 0.15) is 5.84 Å². The lowest BCUT2D eigenvalue weighted by molar-refractivity contribution is 0.853. The lowest BCUT2D eigenvalue weighted by Crippen LogP contribution is -2.06. The number of hydrogen-bond donors (Lipinski definition) is 0. The smallest absolute Gasteiger partial charge is 0.136 e. The number of rotatable bonds is 4. The Labute approximate surface area is 198 Å². The van der Waals surface area contributed by atoms with E-state index in [0.717, 1.165) is 23.5 Å². The first-order valence-corrected chi connectivity index (χ1v) is 11.5. The molecule has 0 spiro atoms. The Kier molecular flexibility index (Phi) is 5.04. The van der Waals surface area contributed by atoms with Crippen LogP contribution in [0, 0.1) is 5.92 Å². The van der Waals surface area contributed by atoms with Gasteiger partial charge in [0, 0.05) is 52.6 Å². The summed E-state index contributed by atoms with van der Waals surface area (Å²) in [5, 5.41) is 3.68. The van der Waals surface area contributed by atoms with Crippen LogP contribution < -0.4 is 0 Å². The molecule has 1 aliphatic heterocycles. The molecular weight excluding hydrogens is 416 g/mol. The van der Waals surface area contributed by atoms with Crippen LogP contribution in [0.3, 0.4) is 0 Å². The van der Waals surface area contributed by atoms with Crippen molar-refractivity contribution in [1.29, 1.82) is 0 Å². The zero-order valence-electron chi connectivity index (χ0n) is 18.8. The molecule has 1 unspecified atom stereocenters. The SMILES string of the molecule is C=C/C(=N\C=C\C1C=CN=CC1)n1ccc2c1ccc1c3ccccc3n(-c3ccccc3)c12. The first-order valence-electron chi connectivity index (χ1n) is 11.5. The molecule has 0 radical (unpaired) electrons. The highest BCUT2D eigenvalue weighted by Crippen LogP contribution is 2.36. The van der Waals surface area contributed by atoms with Crippen LogP contribution >= 0.6 is 0 Å². The average Bonchev–Trinajstić information content (AvgIpc) is 3.47. The molecule has 0 saturated carbocycles. The van der Waals surface area contributed by atoms with Gasteiger partial charge in [-0.3, -0.25) is 4.99 Å². The average molecular weight is 441 g/mol. The first-order chi connectivity index (χ1) is 16.8. The number of fused-ring (bicyclic) bond motifs is 5. The van der Waals surface area contributed by atoms with Crippen LogP contribution in [0.25, 0.3) is 38.4 Å². The molecule has 6 rings (SSSR count). The summed E-state index contributed by atoms with van der Waals surface area (Å²) in [6.07, 6.45) is 14.6. The Morgan fingerprint density at radius 1 is 0.912 bits per heavy atom. The fourth-order valence-corrected chi connectivity index (χ4v) is 4.79. The van der Waals surface area contributed by atoms with Gasteiger partial charge in [0.25, 0.3) is 0 Å². The summed E-state index contributed by atoms with van der Waals surface area (Å²) < 4.78 is 4.47. The second-order valence-electron chi connectivity index (χ2n) is 8.37. The van der Waals surface area contributed by atoms with Gasteiger partial charge in [-0.15, -0.1) is 0 Å². The molecule has 0 bridgehead atoms. The Balaban J connectivity index is 1.54. The van der Waals surface area contributed by atoms with Gasteiger partial charge in [0.05, 0.1) is 16.6 Å². The van der Waals surface area contributed by atoms with Crippen LogP contribution in [-0.2, 0) is 0 Å². The minimum atomic E-state index is 0.329. The number of para-hydroxylation sites is 2. The number of aliphatic imine (C=N–C) groups is 2. The van der Waals surface area contributed by atoms with Crippen molar-refractivity contribution < 1.29 is 0 Å². The maximum absolute atomic E-state index is 4.73. The minimum absolute atomic E-state index is 0.329. The number of hydrogen-bond acceptors (Lipinski definition) is 2. The van der Waals surface area contributed by atoms with Gasteiger partial charge in [-0.25, -0.2) is 4.99 Å². The van der Waals surface area contributed by atoms with Crippen molar-refractivity contribution in [3.63, 3.8) is 0 Å². The zero-order chi connectivity index (χ0) is 22.9. The van der Waals surface area contributed by atoms with Crippen molar-refractivity contribution >= 4 is 44.8 Å². The van der Waals surface area contributed by atoms with Gasteiger partial charge in [-0.1, -0.05) is 61.2 Å². The third-order valence-corrected chi connectivity index (χ3v) is 6.39. The topological polar surface area (TPSA) is 34.6 Å². The summed E-state index contributed by atoms with van der Waals surface area (Å²) in [5.74, 6) is 1.12. The predicted molar refractivity (Wildman–Crippen MR) is 144 cm³/mol. The molecule has 3 aromatic carbocycles. The quantitative estimate of drug-likeness (QED) is 0.208. The minimum Gasteiger partial charge on any atom is -0.309 e. The van der Waals surface area contributed by atoms with Crippen molar-refractivity contribution in [2.24, 2.45) is 15.9 Å². The van der Waals surface area contributed by atoms with Crippen molar-refractivity contribution in [3.8, 4) is 5.69 Å². The van der Waals surface area contributed by atoms with Gasteiger partial charge < -0.3 is 9.13 Å². The number of nitrogens with zero attached hydrogens (tertiary/aromatic N) is 4. The third-order valence-electron chi connectivity index (χ3n) is 6.39. The number of aromatic nitrogens is 2. The maximum atomic E-state index is 4.73. The van der Waals surface area contributed by atoms with E-state index in [1.54, 1.807) is 6.08 Å². The lowest BCUT2D eigenvalue weighted by Gasteiger charge is -2.09. The molecule has 0 N–H and O–H groups in total. The van der Waals surface area contributed by atoms with E-state index in [9.17, 15) is 0 Å². The fourth-order valence-electron chi connectivity index (χ4n) is 4.79. The van der Waals surface area contributed by atoms with E-state index >= 15 is 0 Å². The van der Waals surface area contributed by atoms with E-state index in [4.69, 9.17) is 4.99 Å². The van der Waals surface area contributed by atoms with Crippen molar-refractivity contribution in [3.05, 3.63) is 116 Å². The molecule has 1 aliphatic rings. The molecule has 164 valence electrons. The summed E-state index contributed by atoms with van der Waals surface area (Å²) in [4.78, 5) is 8.86. The van der Waals surface area contributed by atoms with Crippen LogP contribution in [0.15, 0.2) is 126 Å². The zero-order valence-corrected chi connectivity index (χ0v) is 18.8. The van der Waals surface area contributed by atoms with E-state index in [1.807, 2.05) is 18.6 Å². The van der Waals surface area contributed by atoms with E-state index in [2.05, 4.69) is 112 Å². The summed E-state index contributed by atoms with van der Waals surface area (Å²) in [5.41, 5.74) is 4.66. The van der Waals surface area contributed by atoms with Gasteiger partial charge in [0.2, 0.25) is 0 Å². The molecule has 0 amide bonds. The van der Waals surface area contributed by atoms with Gasteiger partial charge >= 0.3 is 0 Å². The number of benzene rings is 3. The molecule has 34 heavy (non-hydrogen) atoms. The Morgan fingerprint density at radius 2 is 1.76 bits per heavy atom. The van der Waals surface area contributed by atoms with Gasteiger partial charge in [0.15, 0.2) is 0 Å². The van der Waals surface area contributed by atoms with Crippen LogP contribution in [0.1, 0.15) is 6.42 Å². The third kappa shape index (κ3) is 3.32. The summed E-state index contributed by atoms with van der Waals surface area (Å²) >= 11 is 0. The van der Waals surface area contributed by atoms with Crippen molar-refractivity contribution in [2.75, 3.05) is 0 Å². The highest BCUT2D eigenvalue weighted by Gasteiger charge is 2.16. The highest BCUT2D eigenvalue weighted by molar-refractivity contribution is 6.19. The second-order valence-corrected chi connectivity index (χ2v) is 8.37. The monoisotopic (exact) mass is 440 g/mol. The second kappa shape index (κ2) is 8.49. The normalized spacial score (nSPS) is 16.4. The van der Waals surface area contributed by atoms with Crippen LogP contribution in [0.2, 0.25) is 0 Å². The standard InChI is InChI=1S/C30H24N4/c1-2-29(32-20-16-22-14-18-31-19-15-22)33-21-17-26-27(33)13-12-25-24-10-6-7-11-28(24)34(30(25)26)23-8-4-3-5-9-23/h2-14,16-22H,1,15H2/b20-16+,32-29+. The molecule has 2 aromatic heterocycles. The molecule has 4 nitrogen and oxygen atoms in total. The molecule has 0 fully saturated rings. The first kappa shape index (κ1) is 20.2. The largest absolute Gasteiger partial charge is 0.309 e. The molecule has 0 aliphatic carbocycles. The summed E-state index contributed by atoms with van der Waals surface area (Å²) in [6, 6.07) is 25.7. The molecule has 5 aromatic rings. The molecule has 3 heterocycles.